The lowest BCUT2D eigenvalue weighted by atomic mass is 9.64. The summed E-state index contributed by atoms with van der Waals surface area (Å²) in [5.41, 5.74) is 1.43. The first-order valence-corrected chi connectivity index (χ1v) is 12.1. The minimum atomic E-state index is -0.479. The van der Waals surface area contributed by atoms with Crippen molar-refractivity contribution in [2.45, 2.75) is 31.8 Å². The molecule has 10 heteroatoms. The molecule has 7 rings (SSSR count). The van der Waals surface area contributed by atoms with Gasteiger partial charge in [-0.25, -0.2) is 13.8 Å². The normalized spacial score (nSPS) is 23.7. The van der Waals surface area contributed by atoms with E-state index in [0.717, 1.165) is 23.1 Å². The highest BCUT2D eigenvalue weighted by atomic mass is 32.1. The number of carbonyl (C=O) groups is 1. The van der Waals surface area contributed by atoms with Gasteiger partial charge < -0.3 is 10.2 Å². The Hall–Kier alpha value is -3.40. The second kappa shape index (κ2) is 8.12. The van der Waals surface area contributed by atoms with Crippen molar-refractivity contribution in [2.24, 2.45) is 11.8 Å². The highest BCUT2D eigenvalue weighted by Gasteiger charge is 2.50. The van der Waals surface area contributed by atoms with Gasteiger partial charge in [0.25, 0.3) is 5.91 Å². The number of amides is 1. The number of nitrogens with zero attached hydrogens (tertiary/aromatic N) is 5. The first-order chi connectivity index (χ1) is 16.5. The summed E-state index contributed by atoms with van der Waals surface area (Å²) in [5.74, 6) is -0.164. The molecule has 0 radical (unpaired) electrons. The minimum absolute atomic E-state index is 0.0875. The van der Waals surface area contributed by atoms with Gasteiger partial charge in [0.1, 0.15) is 11.6 Å². The maximum absolute atomic E-state index is 14.2. The number of thiazole rings is 1. The van der Waals surface area contributed by atoms with Gasteiger partial charge in [0.05, 0.1) is 39.9 Å². The van der Waals surface area contributed by atoms with Gasteiger partial charge in [0, 0.05) is 12.6 Å². The van der Waals surface area contributed by atoms with Crippen LogP contribution in [0, 0.1) is 23.5 Å². The smallest absolute Gasteiger partial charge is 0.256 e. The van der Waals surface area contributed by atoms with Gasteiger partial charge in [-0.1, -0.05) is 18.3 Å². The fourth-order valence-electron chi connectivity index (χ4n) is 5.22. The minimum Gasteiger partial charge on any atom is -0.359 e. The van der Waals surface area contributed by atoms with Crippen LogP contribution in [0.1, 0.15) is 30.1 Å². The predicted octanol–water partition coefficient (Wildman–Crippen LogP) is 4.51. The molecule has 1 saturated carbocycles. The number of aromatic nitrogens is 4. The zero-order valence-electron chi connectivity index (χ0n) is 18.4. The van der Waals surface area contributed by atoms with E-state index in [-0.39, 0.29) is 35.3 Å². The number of rotatable bonds is 5. The second-order valence-corrected chi connectivity index (χ2v) is 10.0. The number of hydrogen-bond acceptors (Lipinski definition) is 6. The molecule has 2 atom stereocenters. The lowest BCUT2D eigenvalue weighted by Crippen LogP contribution is -2.64. The molecule has 1 amide bonds. The first kappa shape index (κ1) is 21.2. The molecule has 7 nitrogen and oxygen atoms in total. The number of carbonyl (C=O) groups excluding carboxylic acids is 1. The Labute approximate surface area is 198 Å². The monoisotopic (exact) mass is 480 g/mol. The average molecular weight is 481 g/mol. The molecule has 174 valence electrons. The van der Waals surface area contributed by atoms with E-state index in [1.807, 2.05) is 4.90 Å². The second-order valence-electron chi connectivity index (χ2n) is 9.02. The molecular weight excluding hydrogens is 458 g/mol. The Balaban J connectivity index is 1.30. The van der Waals surface area contributed by atoms with E-state index in [1.54, 1.807) is 6.07 Å². The summed E-state index contributed by atoms with van der Waals surface area (Å²) >= 11 is 1.39. The molecule has 34 heavy (non-hydrogen) atoms. The van der Waals surface area contributed by atoms with E-state index in [0.29, 0.717) is 23.3 Å². The quantitative estimate of drug-likeness (QED) is 0.455. The molecule has 2 saturated heterocycles. The Morgan fingerprint density at radius 1 is 1.12 bits per heavy atom. The lowest BCUT2D eigenvalue weighted by molar-refractivity contribution is -0.0502. The molecule has 0 unspecified atom stereocenters. The molecular formula is C24H22F2N6OS. The fraction of sp³-hybridized carbons (Fsp3) is 0.333. The molecule has 2 aromatic heterocycles. The van der Waals surface area contributed by atoms with Crippen LogP contribution >= 0.6 is 11.3 Å². The molecule has 2 aromatic carbocycles. The van der Waals surface area contributed by atoms with Crippen LogP contribution in [0.2, 0.25) is 0 Å². The average Bonchev–Trinajstić information content (AvgIpc) is 3.46. The molecule has 3 fully saturated rings. The number of fused-ring (bicyclic) bond motifs is 3. The number of nitrogens with one attached hydrogen (secondary N) is 1. The summed E-state index contributed by atoms with van der Waals surface area (Å²) in [4.78, 5) is 21.7. The summed E-state index contributed by atoms with van der Waals surface area (Å²) in [6, 6.07) is 8.67. The van der Waals surface area contributed by atoms with E-state index in [2.05, 4.69) is 27.4 Å². The van der Waals surface area contributed by atoms with Crippen LogP contribution < -0.4 is 5.32 Å². The fourth-order valence-corrected chi connectivity index (χ4v) is 6.12. The van der Waals surface area contributed by atoms with Gasteiger partial charge >= 0.3 is 0 Å². The third kappa shape index (κ3) is 3.53. The summed E-state index contributed by atoms with van der Waals surface area (Å²) in [5, 5.41) is 12.3. The van der Waals surface area contributed by atoms with E-state index in [1.165, 1.54) is 58.9 Å². The van der Waals surface area contributed by atoms with E-state index < -0.39 is 5.82 Å². The van der Waals surface area contributed by atoms with Gasteiger partial charge in [-0.05, 0) is 61.1 Å². The molecule has 4 heterocycles. The molecule has 1 N–H and O–H groups in total. The highest BCUT2D eigenvalue weighted by Crippen LogP contribution is 2.47. The van der Waals surface area contributed by atoms with Gasteiger partial charge in [-0.15, -0.1) is 0 Å². The Kier molecular flexibility index (Phi) is 5.05. The standard InChI is InChI=1S/C24H22F2N6OS/c1-13-14-8-17(9-14)31(21(13)12-27-24-30-19-4-2-16(26)11-22(19)34-24)23(33)18-10-15(25)3-5-20(18)32-28-6-7-29-32/h2-7,10-11,13-14,17,21H,8-9,12H2,1H3,(H,27,30)/t13-,14?,17?,21-/m1/s1. The lowest BCUT2D eigenvalue weighted by Gasteiger charge is -2.57. The van der Waals surface area contributed by atoms with Gasteiger partial charge in [-0.2, -0.15) is 15.0 Å². The maximum atomic E-state index is 14.2. The van der Waals surface area contributed by atoms with Crippen molar-refractivity contribution >= 4 is 32.6 Å². The molecule has 2 aliphatic heterocycles. The number of piperidine rings is 2. The van der Waals surface area contributed by atoms with Crippen molar-refractivity contribution in [2.75, 3.05) is 11.9 Å². The van der Waals surface area contributed by atoms with E-state index >= 15 is 0 Å². The number of anilines is 1. The number of hydrogen-bond donors (Lipinski definition) is 1. The van der Waals surface area contributed by atoms with E-state index in [4.69, 9.17) is 0 Å². The van der Waals surface area contributed by atoms with Crippen LogP contribution in [0.3, 0.4) is 0 Å². The number of benzene rings is 2. The Morgan fingerprint density at radius 2 is 1.85 bits per heavy atom. The van der Waals surface area contributed by atoms with Crippen LogP contribution in [0.25, 0.3) is 15.9 Å². The van der Waals surface area contributed by atoms with Crippen molar-refractivity contribution in [3.05, 3.63) is 66.0 Å². The number of halogens is 2. The van der Waals surface area contributed by atoms with Gasteiger partial charge in [0.15, 0.2) is 5.13 Å². The van der Waals surface area contributed by atoms with Gasteiger partial charge in [-0.3, -0.25) is 4.79 Å². The summed E-state index contributed by atoms with van der Waals surface area (Å²) in [6.45, 7) is 2.68. The van der Waals surface area contributed by atoms with Crippen molar-refractivity contribution in [3.8, 4) is 5.69 Å². The molecule has 0 spiro atoms. The highest BCUT2D eigenvalue weighted by molar-refractivity contribution is 7.22. The van der Waals surface area contributed by atoms with Crippen LogP contribution in [-0.4, -0.2) is 49.4 Å². The largest absolute Gasteiger partial charge is 0.359 e. The summed E-state index contributed by atoms with van der Waals surface area (Å²) in [6.07, 6.45) is 4.95. The third-order valence-corrected chi connectivity index (χ3v) is 8.10. The van der Waals surface area contributed by atoms with Crippen LogP contribution in [0.5, 0.6) is 0 Å². The SMILES string of the molecule is C[C@@H]1C2CC(C2)N(C(=O)c2cc(F)ccc2-n2nccn2)[C@@H]1CNc1nc2ccc(F)cc2s1. The predicted molar refractivity (Wildman–Crippen MR) is 125 cm³/mol. The molecule has 1 aliphatic carbocycles. The zero-order valence-corrected chi connectivity index (χ0v) is 19.2. The van der Waals surface area contributed by atoms with E-state index in [9.17, 15) is 13.6 Å². The Bertz CT molecular complexity index is 1370. The molecule has 4 aromatic rings. The van der Waals surface area contributed by atoms with Gasteiger partial charge in [0.2, 0.25) is 0 Å². The van der Waals surface area contributed by atoms with Crippen LogP contribution in [0.4, 0.5) is 13.9 Å². The Morgan fingerprint density at radius 3 is 2.65 bits per heavy atom. The van der Waals surface area contributed by atoms with Crippen molar-refractivity contribution in [1.82, 2.24) is 24.9 Å². The zero-order chi connectivity index (χ0) is 23.4. The maximum Gasteiger partial charge on any atom is 0.256 e. The first-order valence-electron chi connectivity index (χ1n) is 11.3. The molecule has 2 bridgehead atoms. The molecule has 3 aliphatic rings. The summed E-state index contributed by atoms with van der Waals surface area (Å²) in [7, 11) is 0. The topological polar surface area (TPSA) is 75.9 Å². The van der Waals surface area contributed by atoms with Crippen molar-refractivity contribution in [3.63, 3.8) is 0 Å². The third-order valence-electron chi connectivity index (χ3n) is 7.12. The van der Waals surface area contributed by atoms with Crippen LogP contribution in [0.15, 0.2) is 48.8 Å². The summed E-state index contributed by atoms with van der Waals surface area (Å²) < 4.78 is 28.6. The van der Waals surface area contributed by atoms with Crippen molar-refractivity contribution < 1.29 is 13.6 Å². The van der Waals surface area contributed by atoms with Crippen molar-refractivity contribution in [1.29, 1.82) is 0 Å². The van der Waals surface area contributed by atoms with Crippen LogP contribution in [-0.2, 0) is 0 Å².